The highest BCUT2D eigenvalue weighted by atomic mass is 16.2. The third kappa shape index (κ3) is 1.92. The van der Waals surface area contributed by atoms with Gasteiger partial charge in [-0.25, -0.2) is 0 Å². The fraction of sp³-hybridized carbons (Fsp3) is 0.385. The number of nitrogens with zero attached hydrogens (tertiary/aromatic N) is 2. The van der Waals surface area contributed by atoms with Crippen molar-refractivity contribution < 1.29 is 4.79 Å². The first-order chi connectivity index (χ1) is 7.68. The van der Waals surface area contributed by atoms with Gasteiger partial charge in [-0.2, -0.15) is 5.26 Å². The van der Waals surface area contributed by atoms with Gasteiger partial charge in [0, 0.05) is 13.6 Å². The molecular weight excluding hydrogens is 200 g/mol. The predicted molar refractivity (Wildman–Crippen MR) is 60.2 cm³/mol. The summed E-state index contributed by atoms with van der Waals surface area (Å²) in [5.74, 6) is -0.0427. The Morgan fingerprint density at radius 1 is 1.44 bits per heavy atom. The Kier molecular flexibility index (Phi) is 2.66. The van der Waals surface area contributed by atoms with Gasteiger partial charge in [0.05, 0.1) is 6.07 Å². The molecule has 1 aliphatic carbocycles. The molecule has 2 rings (SSSR count). The Balaban J connectivity index is 2.02. The average Bonchev–Trinajstić information content (AvgIpc) is 3.10. The molecule has 0 saturated heterocycles. The third-order valence-corrected chi connectivity index (χ3v) is 2.98. The minimum atomic E-state index is -0.705. The maximum Gasteiger partial charge on any atom is 0.243 e. The van der Waals surface area contributed by atoms with Gasteiger partial charge in [-0.1, -0.05) is 30.3 Å². The van der Waals surface area contributed by atoms with E-state index in [2.05, 4.69) is 6.07 Å². The molecule has 82 valence electrons. The summed E-state index contributed by atoms with van der Waals surface area (Å²) in [5.41, 5.74) is 0.385. The Bertz CT molecular complexity index is 429. The lowest BCUT2D eigenvalue weighted by molar-refractivity contribution is -0.134. The maximum atomic E-state index is 12.0. The molecule has 0 spiro atoms. The van der Waals surface area contributed by atoms with E-state index < -0.39 is 5.41 Å². The van der Waals surface area contributed by atoms with Crippen molar-refractivity contribution >= 4 is 5.91 Å². The van der Waals surface area contributed by atoms with E-state index in [9.17, 15) is 4.79 Å². The van der Waals surface area contributed by atoms with Crippen molar-refractivity contribution in [2.45, 2.75) is 19.4 Å². The minimum absolute atomic E-state index is 0.0427. The Morgan fingerprint density at radius 2 is 2.06 bits per heavy atom. The lowest BCUT2D eigenvalue weighted by Gasteiger charge is -2.19. The molecule has 0 atom stereocenters. The molecule has 1 aromatic rings. The SMILES string of the molecule is CN(Cc1ccccc1)C(=O)C1(C#N)CC1. The van der Waals surface area contributed by atoms with Crippen molar-refractivity contribution in [3.8, 4) is 6.07 Å². The molecule has 0 aromatic heterocycles. The summed E-state index contributed by atoms with van der Waals surface area (Å²) in [5, 5.41) is 8.94. The molecule has 3 nitrogen and oxygen atoms in total. The van der Waals surface area contributed by atoms with E-state index in [0.29, 0.717) is 19.4 Å². The zero-order chi connectivity index (χ0) is 11.6. The van der Waals surface area contributed by atoms with Crippen molar-refractivity contribution in [2.24, 2.45) is 5.41 Å². The molecule has 1 saturated carbocycles. The zero-order valence-corrected chi connectivity index (χ0v) is 9.31. The molecule has 16 heavy (non-hydrogen) atoms. The number of hydrogen-bond donors (Lipinski definition) is 0. The third-order valence-electron chi connectivity index (χ3n) is 2.98. The largest absolute Gasteiger partial charge is 0.340 e. The van der Waals surface area contributed by atoms with E-state index in [1.54, 1.807) is 11.9 Å². The molecule has 0 N–H and O–H groups in total. The van der Waals surface area contributed by atoms with Gasteiger partial charge < -0.3 is 4.90 Å². The monoisotopic (exact) mass is 214 g/mol. The van der Waals surface area contributed by atoms with Crippen LogP contribution in [-0.4, -0.2) is 17.9 Å². The lowest BCUT2D eigenvalue weighted by Crippen LogP contribution is -2.32. The first-order valence-electron chi connectivity index (χ1n) is 5.39. The average molecular weight is 214 g/mol. The van der Waals surface area contributed by atoms with Crippen LogP contribution in [0.3, 0.4) is 0 Å². The molecule has 0 aliphatic heterocycles. The highest BCUT2D eigenvalue weighted by molar-refractivity contribution is 5.88. The topological polar surface area (TPSA) is 44.1 Å². The number of rotatable bonds is 3. The molecule has 0 unspecified atom stereocenters. The van der Waals surface area contributed by atoms with Crippen LogP contribution in [0.25, 0.3) is 0 Å². The van der Waals surface area contributed by atoms with Crippen molar-refractivity contribution in [3.05, 3.63) is 35.9 Å². The molecule has 1 fully saturated rings. The van der Waals surface area contributed by atoms with Crippen molar-refractivity contribution in [1.29, 1.82) is 5.26 Å². The molecule has 1 amide bonds. The molecule has 0 heterocycles. The van der Waals surface area contributed by atoms with Crippen LogP contribution in [-0.2, 0) is 11.3 Å². The highest BCUT2D eigenvalue weighted by Crippen LogP contribution is 2.46. The molecule has 1 aromatic carbocycles. The second kappa shape index (κ2) is 3.97. The fourth-order valence-electron chi connectivity index (χ4n) is 1.79. The first kappa shape index (κ1) is 10.7. The zero-order valence-electron chi connectivity index (χ0n) is 9.31. The summed E-state index contributed by atoms with van der Waals surface area (Å²) in [6.45, 7) is 0.573. The van der Waals surface area contributed by atoms with Crippen LogP contribution in [0.4, 0.5) is 0 Å². The number of carbonyl (C=O) groups excluding carboxylic acids is 1. The standard InChI is InChI=1S/C13H14N2O/c1-15(9-11-5-3-2-4-6-11)12(16)13(10-14)7-8-13/h2-6H,7-9H2,1H3. The van der Waals surface area contributed by atoms with Gasteiger partial charge in [-0.15, -0.1) is 0 Å². The van der Waals surface area contributed by atoms with Gasteiger partial charge in [0.2, 0.25) is 5.91 Å². The highest BCUT2D eigenvalue weighted by Gasteiger charge is 2.51. The van der Waals surface area contributed by atoms with Crippen LogP contribution in [0.2, 0.25) is 0 Å². The van der Waals surface area contributed by atoms with Crippen LogP contribution in [0.5, 0.6) is 0 Å². The first-order valence-corrected chi connectivity index (χ1v) is 5.39. The van der Waals surface area contributed by atoms with E-state index in [-0.39, 0.29) is 5.91 Å². The fourth-order valence-corrected chi connectivity index (χ4v) is 1.79. The molecule has 0 radical (unpaired) electrons. The van der Waals surface area contributed by atoms with Crippen LogP contribution in [0.15, 0.2) is 30.3 Å². The molecule has 3 heteroatoms. The van der Waals surface area contributed by atoms with E-state index in [0.717, 1.165) is 5.56 Å². The summed E-state index contributed by atoms with van der Waals surface area (Å²) < 4.78 is 0. The van der Waals surface area contributed by atoms with Gasteiger partial charge in [0.1, 0.15) is 5.41 Å². The van der Waals surface area contributed by atoms with Gasteiger partial charge >= 0.3 is 0 Å². The predicted octanol–water partition coefficient (Wildman–Crippen LogP) is 1.95. The van der Waals surface area contributed by atoms with Crippen LogP contribution in [0, 0.1) is 16.7 Å². The van der Waals surface area contributed by atoms with Crippen molar-refractivity contribution in [1.82, 2.24) is 4.90 Å². The number of hydrogen-bond acceptors (Lipinski definition) is 2. The second-order valence-corrected chi connectivity index (χ2v) is 4.34. The summed E-state index contributed by atoms with van der Waals surface area (Å²) in [7, 11) is 1.76. The minimum Gasteiger partial charge on any atom is -0.340 e. The van der Waals surface area contributed by atoms with E-state index >= 15 is 0 Å². The Labute approximate surface area is 95.3 Å². The molecule has 0 bridgehead atoms. The van der Waals surface area contributed by atoms with Gasteiger partial charge in [0.25, 0.3) is 0 Å². The second-order valence-electron chi connectivity index (χ2n) is 4.34. The summed E-state index contributed by atoms with van der Waals surface area (Å²) >= 11 is 0. The quantitative estimate of drug-likeness (QED) is 0.771. The summed E-state index contributed by atoms with van der Waals surface area (Å²) in [6, 6.07) is 11.9. The van der Waals surface area contributed by atoms with E-state index in [4.69, 9.17) is 5.26 Å². The Hall–Kier alpha value is -1.82. The van der Waals surface area contributed by atoms with Gasteiger partial charge in [0.15, 0.2) is 0 Å². The lowest BCUT2D eigenvalue weighted by atomic mass is 10.1. The van der Waals surface area contributed by atoms with Crippen LogP contribution >= 0.6 is 0 Å². The number of nitriles is 1. The number of benzene rings is 1. The van der Waals surface area contributed by atoms with E-state index in [1.165, 1.54) is 0 Å². The van der Waals surface area contributed by atoms with Gasteiger partial charge in [-0.3, -0.25) is 4.79 Å². The summed E-state index contributed by atoms with van der Waals surface area (Å²) in [4.78, 5) is 13.6. The van der Waals surface area contributed by atoms with E-state index in [1.807, 2.05) is 30.3 Å². The van der Waals surface area contributed by atoms with Crippen molar-refractivity contribution in [2.75, 3.05) is 7.05 Å². The maximum absolute atomic E-state index is 12.0. The van der Waals surface area contributed by atoms with Crippen LogP contribution in [0.1, 0.15) is 18.4 Å². The smallest absolute Gasteiger partial charge is 0.243 e. The number of amides is 1. The summed E-state index contributed by atoms with van der Waals surface area (Å²) in [6.07, 6.45) is 1.42. The molecule has 1 aliphatic rings. The normalized spacial score (nSPS) is 16.2. The van der Waals surface area contributed by atoms with Crippen LogP contribution < -0.4 is 0 Å². The number of carbonyl (C=O) groups is 1. The Morgan fingerprint density at radius 3 is 2.56 bits per heavy atom. The van der Waals surface area contributed by atoms with Crippen molar-refractivity contribution in [3.63, 3.8) is 0 Å². The van der Waals surface area contributed by atoms with Gasteiger partial charge in [-0.05, 0) is 18.4 Å². The molecular formula is C13H14N2O.